The van der Waals surface area contributed by atoms with Gasteiger partial charge in [0.25, 0.3) is 0 Å². The Bertz CT molecular complexity index is 949. The molecule has 0 bridgehead atoms. The maximum absolute atomic E-state index is 12.4. The highest BCUT2D eigenvalue weighted by molar-refractivity contribution is 5.92. The summed E-state index contributed by atoms with van der Waals surface area (Å²) in [6, 6.07) is 22.3. The van der Waals surface area contributed by atoms with Crippen molar-refractivity contribution in [2.45, 2.75) is 19.1 Å². The Labute approximate surface area is 170 Å². The Morgan fingerprint density at radius 2 is 1.86 bits per heavy atom. The number of nitrogens with one attached hydrogen (secondary N) is 1. The van der Waals surface area contributed by atoms with Crippen LogP contribution in [-0.2, 0) is 11.3 Å². The molecule has 0 aliphatic carbocycles. The van der Waals surface area contributed by atoms with E-state index in [0.29, 0.717) is 36.6 Å². The number of amides is 1. The number of para-hydroxylation sites is 1. The second kappa shape index (κ2) is 10.2. The number of aliphatic hydroxyl groups excluding tert-OH is 1. The van der Waals surface area contributed by atoms with Crippen molar-refractivity contribution >= 4 is 11.6 Å². The molecule has 1 amide bonds. The first-order valence-corrected chi connectivity index (χ1v) is 9.42. The molecular weight excluding hydrogens is 366 g/mol. The Morgan fingerprint density at radius 1 is 1.10 bits per heavy atom. The number of carbonyl (C=O) groups excluding carboxylic acids is 1. The number of hydrogen-bond donors (Lipinski definition) is 2. The summed E-state index contributed by atoms with van der Waals surface area (Å²) in [5.41, 5.74) is 2.02. The van der Waals surface area contributed by atoms with Crippen LogP contribution in [0.2, 0.25) is 0 Å². The summed E-state index contributed by atoms with van der Waals surface area (Å²) in [4.78, 5) is 14.4. The first kappa shape index (κ1) is 20.3. The van der Waals surface area contributed by atoms with Gasteiger partial charge in [0.1, 0.15) is 17.9 Å². The Kier molecular flexibility index (Phi) is 7.17. The lowest BCUT2D eigenvalue weighted by molar-refractivity contribution is -0.116. The minimum absolute atomic E-state index is 0.182. The number of furan rings is 1. The van der Waals surface area contributed by atoms with Gasteiger partial charge in [0.15, 0.2) is 0 Å². The van der Waals surface area contributed by atoms with Gasteiger partial charge in [-0.2, -0.15) is 5.26 Å². The Balaban J connectivity index is 1.62. The normalized spacial score (nSPS) is 11.8. The fourth-order valence-corrected chi connectivity index (χ4v) is 3.05. The van der Waals surface area contributed by atoms with Crippen molar-refractivity contribution in [1.82, 2.24) is 4.90 Å². The molecule has 3 aromatic rings. The van der Waals surface area contributed by atoms with Gasteiger partial charge < -0.3 is 14.8 Å². The lowest BCUT2D eigenvalue weighted by Gasteiger charge is -2.24. The number of carbonyl (C=O) groups is 1. The van der Waals surface area contributed by atoms with E-state index in [-0.39, 0.29) is 12.3 Å². The SMILES string of the molecule is N#Cc1ccccc1NC(=O)CCN(Cc1ccccc1)CC(O)c1ccco1. The molecule has 6 heteroatoms. The predicted octanol–water partition coefficient (Wildman–Crippen LogP) is 3.72. The highest BCUT2D eigenvalue weighted by atomic mass is 16.4. The number of rotatable bonds is 9. The zero-order valence-electron chi connectivity index (χ0n) is 16.0. The van der Waals surface area contributed by atoms with E-state index < -0.39 is 6.10 Å². The van der Waals surface area contributed by atoms with E-state index in [1.807, 2.05) is 35.2 Å². The third-order valence-electron chi connectivity index (χ3n) is 4.53. The van der Waals surface area contributed by atoms with Gasteiger partial charge in [-0.05, 0) is 29.8 Å². The molecule has 0 radical (unpaired) electrons. The first-order valence-electron chi connectivity index (χ1n) is 9.42. The van der Waals surface area contributed by atoms with E-state index in [4.69, 9.17) is 9.68 Å². The minimum Gasteiger partial charge on any atom is -0.467 e. The zero-order valence-corrected chi connectivity index (χ0v) is 16.0. The Hall–Kier alpha value is -3.40. The van der Waals surface area contributed by atoms with Gasteiger partial charge in [-0.25, -0.2) is 0 Å². The van der Waals surface area contributed by atoms with Crippen LogP contribution in [0.5, 0.6) is 0 Å². The summed E-state index contributed by atoms with van der Waals surface area (Å²) >= 11 is 0. The molecule has 0 saturated heterocycles. The van der Waals surface area contributed by atoms with Gasteiger partial charge in [0, 0.05) is 26.1 Å². The molecule has 0 aliphatic rings. The molecule has 1 aromatic heterocycles. The number of hydrogen-bond acceptors (Lipinski definition) is 5. The van der Waals surface area contributed by atoms with Crippen molar-refractivity contribution in [2.24, 2.45) is 0 Å². The highest BCUT2D eigenvalue weighted by Crippen LogP contribution is 2.17. The van der Waals surface area contributed by atoms with Crippen molar-refractivity contribution < 1.29 is 14.3 Å². The third kappa shape index (κ3) is 6.04. The summed E-state index contributed by atoms with van der Waals surface area (Å²) in [7, 11) is 0. The molecule has 1 atom stereocenters. The molecule has 3 rings (SSSR count). The van der Waals surface area contributed by atoms with Gasteiger partial charge in [-0.3, -0.25) is 9.69 Å². The van der Waals surface area contributed by atoms with E-state index in [2.05, 4.69) is 11.4 Å². The standard InChI is InChI=1S/C23H23N3O3/c24-15-19-9-4-5-10-20(19)25-23(28)12-13-26(16-18-7-2-1-3-8-18)17-21(27)22-11-6-14-29-22/h1-11,14,21,27H,12-13,16-17H2,(H,25,28). The van der Waals surface area contributed by atoms with Crippen LogP contribution >= 0.6 is 0 Å². The Morgan fingerprint density at radius 3 is 2.59 bits per heavy atom. The molecule has 0 saturated carbocycles. The summed E-state index contributed by atoms with van der Waals surface area (Å²) < 4.78 is 5.29. The van der Waals surface area contributed by atoms with Gasteiger partial charge in [0.05, 0.1) is 17.5 Å². The average molecular weight is 389 g/mol. The molecule has 0 aliphatic heterocycles. The van der Waals surface area contributed by atoms with Crippen LogP contribution in [0.15, 0.2) is 77.4 Å². The van der Waals surface area contributed by atoms with Crippen LogP contribution in [0.3, 0.4) is 0 Å². The summed E-state index contributed by atoms with van der Waals surface area (Å²) in [5, 5.41) is 22.4. The smallest absolute Gasteiger partial charge is 0.225 e. The maximum atomic E-state index is 12.4. The number of aliphatic hydroxyl groups is 1. The number of nitrogens with zero attached hydrogens (tertiary/aromatic N) is 2. The van der Waals surface area contributed by atoms with Gasteiger partial charge in [0.2, 0.25) is 5.91 Å². The largest absolute Gasteiger partial charge is 0.467 e. The van der Waals surface area contributed by atoms with Gasteiger partial charge >= 0.3 is 0 Å². The molecule has 1 heterocycles. The number of nitriles is 1. The summed E-state index contributed by atoms with van der Waals surface area (Å²) in [6.07, 6.45) is 0.980. The van der Waals surface area contributed by atoms with E-state index in [1.165, 1.54) is 6.26 Å². The van der Waals surface area contributed by atoms with E-state index >= 15 is 0 Å². The summed E-state index contributed by atoms with van der Waals surface area (Å²) in [5.74, 6) is 0.314. The van der Waals surface area contributed by atoms with E-state index in [0.717, 1.165) is 5.56 Å². The van der Waals surface area contributed by atoms with Crippen LogP contribution in [-0.4, -0.2) is 29.0 Å². The van der Waals surface area contributed by atoms with Crippen molar-refractivity contribution in [3.8, 4) is 6.07 Å². The topological polar surface area (TPSA) is 89.5 Å². The second-order valence-electron chi connectivity index (χ2n) is 6.71. The quantitative estimate of drug-likeness (QED) is 0.582. The average Bonchev–Trinajstić information content (AvgIpc) is 3.28. The van der Waals surface area contributed by atoms with Crippen molar-refractivity contribution in [3.05, 3.63) is 89.9 Å². The molecule has 0 fully saturated rings. The van der Waals surface area contributed by atoms with Crippen LogP contribution in [0.25, 0.3) is 0 Å². The number of benzene rings is 2. The lowest BCUT2D eigenvalue weighted by Crippen LogP contribution is -2.31. The molecule has 2 aromatic carbocycles. The number of anilines is 1. The third-order valence-corrected chi connectivity index (χ3v) is 4.53. The molecule has 1 unspecified atom stereocenters. The van der Waals surface area contributed by atoms with Crippen molar-refractivity contribution in [1.29, 1.82) is 5.26 Å². The van der Waals surface area contributed by atoms with Crippen LogP contribution < -0.4 is 5.32 Å². The molecule has 29 heavy (non-hydrogen) atoms. The molecule has 2 N–H and O–H groups in total. The fraction of sp³-hybridized carbons (Fsp3) is 0.217. The van der Waals surface area contributed by atoms with E-state index in [1.54, 1.807) is 36.4 Å². The van der Waals surface area contributed by atoms with Crippen molar-refractivity contribution in [2.75, 3.05) is 18.4 Å². The predicted molar refractivity (Wildman–Crippen MR) is 110 cm³/mol. The molecule has 0 spiro atoms. The molecule has 148 valence electrons. The maximum Gasteiger partial charge on any atom is 0.225 e. The fourth-order valence-electron chi connectivity index (χ4n) is 3.05. The first-order chi connectivity index (χ1) is 14.2. The highest BCUT2D eigenvalue weighted by Gasteiger charge is 2.17. The van der Waals surface area contributed by atoms with E-state index in [9.17, 15) is 9.90 Å². The van der Waals surface area contributed by atoms with Crippen molar-refractivity contribution in [3.63, 3.8) is 0 Å². The van der Waals surface area contributed by atoms with Crippen LogP contribution in [0.1, 0.15) is 29.4 Å². The van der Waals surface area contributed by atoms with Gasteiger partial charge in [-0.1, -0.05) is 42.5 Å². The minimum atomic E-state index is -0.781. The monoisotopic (exact) mass is 389 g/mol. The van der Waals surface area contributed by atoms with Crippen LogP contribution in [0.4, 0.5) is 5.69 Å². The molecular formula is C23H23N3O3. The van der Waals surface area contributed by atoms with Gasteiger partial charge in [-0.15, -0.1) is 0 Å². The molecule has 6 nitrogen and oxygen atoms in total. The summed E-state index contributed by atoms with van der Waals surface area (Å²) in [6.45, 7) is 1.39. The van der Waals surface area contributed by atoms with Crippen LogP contribution in [0, 0.1) is 11.3 Å². The second-order valence-corrected chi connectivity index (χ2v) is 6.71. The zero-order chi connectivity index (χ0) is 20.5. The lowest BCUT2D eigenvalue weighted by atomic mass is 10.1.